The highest BCUT2D eigenvalue weighted by Crippen LogP contribution is 2.20. The van der Waals surface area contributed by atoms with Crippen LogP contribution in [0.15, 0.2) is 53.4 Å². The Balaban J connectivity index is 1.52. The predicted octanol–water partition coefficient (Wildman–Crippen LogP) is 2.36. The summed E-state index contributed by atoms with van der Waals surface area (Å²) in [5.74, 6) is 0.685. The normalized spacial score (nSPS) is 16.8. The zero-order chi connectivity index (χ0) is 21.7. The predicted molar refractivity (Wildman–Crippen MR) is 116 cm³/mol. The number of piperazine rings is 1. The van der Waals surface area contributed by atoms with Gasteiger partial charge in [-0.15, -0.1) is 0 Å². The van der Waals surface area contributed by atoms with E-state index < -0.39 is 10.0 Å². The van der Waals surface area contributed by atoms with Gasteiger partial charge in [0.25, 0.3) is 0 Å². The van der Waals surface area contributed by atoms with Crippen LogP contribution in [0.5, 0.6) is 5.75 Å². The van der Waals surface area contributed by atoms with Crippen molar-refractivity contribution in [3.63, 3.8) is 0 Å². The topological polar surface area (TPSA) is 79.0 Å². The van der Waals surface area contributed by atoms with Gasteiger partial charge in [-0.1, -0.05) is 23.7 Å². The van der Waals surface area contributed by atoms with Gasteiger partial charge in [0.2, 0.25) is 15.9 Å². The fourth-order valence-electron chi connectivity index (χ4n) is 3.33. The number of amides is 1. The minimum absolute atomic E-state index is 0.0835. The van der Waals surface area contributed by atoms with E-state index in [0.29, 0.717) is 37.7 Å². The van der Waals surface area contributed by atoms with Crippen molar-refractivity contribution in [1.82, 2.24) is 14.5 Å². The number of methoxy groups -OCH3 is 1. The van der Waals surface area contributed by atoms with Crippen molar-refractivity contribution in [1.29, 1.82) is 0 Å². The number of ether oxygens (including phenoxy) is 1. The molecule has 0 aliphatic carbocycles. The number of hydrogen-bond acceptors (Lipinski definition) is 5. The van der Waals surface area contributed by atoms with Gasteiger partial charge in [0.15, 0.2) is 0 Å². The molecule has 0 radical (unpaired) electrons. The number of benzene rings is 2. The van der Waals surface area contributed by atoms with Gasteiger partial charge in [0.05, 0.1) is 18.0 Å². The van der Waals surface area contributed by atoms with Crippen LogP contribution in [0.3, 0.4) is 0 Å². The van der Waals surface area contributed by atoms with Crippen LogP contribution in [0.4, 0.5) is 0 Å². The van der Waals surface area contributed by atoms with Crippen molar-refractivity contribution in [2.45, 2.75) is 24.4 Å². The Morgan fingerprint density at radius 2 is 1.67 bits per heavy atom. The molecule has 1 aliphatic heterocycles. The molecule has 1 amide bonds. The van der Waals surface area contributed by atoms with Crippen LogP contribution in [0, 0.1) is 0 Å². The average Bonchev–Trinajstić information content (AvgIpc) is 2.77. The van der Waals surface area contributed by atoms with E-state index in [9.17, 15) is 13.2 Å². The number of hydrogen-bond donors (Lipinski definition) is 1. The van der Waals surface area contributed by atoms with Crippen LogP contribution in [-0.4, -0.2) is 62.9 Å². The molecule has 0 saturated carbocycles. The van der Waals surface area contributed by atoms with Gasteiger partial charge in [-0.05, 0) is 48.9 Å². The molecule has 2 aromatic rings. The Bertz CT molecular complexity index is 957. The lowest BCUT2D eigenvalue weighted by Crippen LogP contribution is -2.54. The minimum Gasteiger partial charge on any atom is -0.497 e. The standard InChI is InChI=1S/C21H26ClN3O4S/c1-16(21(26)23-15-17-3-7-19(29-2)8-4-17)24-11-13-25(14-12-24)30(27,28)20-9-5-18(22)6-10-20/h3-10,16H,11-15H2,1-2H3,(H,23,26). The SMILES string of the molecule is COc1ccc(CNC(=O)C(C)N2CCN(S(=O)(=O)c3ccc(Cl)cc3)CC2)cc1. The van der Waals surface area contributed by atoms with Gasteiger partial charge < -0.3 is 10.1 Å². The van der Waals surface area contributed by atoms with Gasteiger partial charge in [-0.2, -0.15) is 4.31 Å². The number of halogens is 1. The average molecular weight is 452 g/mol. The summed E-state index contributed by atoms with van der Waals surface area (Å²) >= 11 is 5.85. The van der Waals surface area contributed by atoms with Crippen LogP contribution < -0.4 is 10.1 Å². The minimum atomic E-state index is -3.56. The Hall–Kier alpha value is -2.13. The van der Waals surface area contributed by atoms with E-state index >= 15 is 0 Å². The summed E-state index contributed by atoms with van der Waals surface area (Å²) in [6.07, 6.45) is 0. The molecule has 1 saturated heterocycles. The lowest BCUT2D eigenvalue weighted by Gasteiger charge is -2.36. The quantitative estimate of drug-likeness (QED) is 0.699. The number of nitrogens with zero attached hydrogens (tertiary/aromatic N) is 2. The highest BCUT2D eigenvalue weighted by Gasteiger charge is 2.31. The fourth-order valence-corrected chi connectivity index (χ4v) is 4.88. The van der Waals surface area contributed by atoms with Crippen LogP contribution in [0.25, 0.3) is 0 Å². The van der Waals surface area contributed by atoms with Crippen molar-refractivity contribution >= 4 is 27.5 Å². The third-order valence-electron chi connectivity index (χ3n) is 5.28. The molecule has 0 bridgehead atoms. The Labute approximate surface area is 182 Å². The van der Waals surface area contributed by atoms with Crippen molar-refractivity contribution in [2.24, 2.45) is 0 Å². The Kier molecular flexibility index (Phi) is 7.36. The first kappa shape index (κ1) is 22.6. The molecule has 1 N–H and O–H groups in total. The zero-order valence-corrected chi connectivity index (χ0v) is 18.6. The molecule has 162 valence electrons. The highest BCUT2D eigenvalue weighted by molar-refractivity contribution is 7.89. The first-order valence-corrected chi connectivity index (χ1v) is 11.5. The molecule has 30 heavy (non-hydrogen) atoms. The van der Waals surface area contributed by atoms with E-state index in [1.165, 1.54) is 16.4 Å². The monoisotopic (exact) mass is 451 g/mol. The molecule has 7 nitrogen and oxygen atoms in total. The molecule has 0 spiro atoms. The number of sulfonamides is 1. The molecular weight excluding hydrogens is 426 g/mol. The summed E-state index contributed by atoms with van der Waals surface area (Å²) in [4.78, 5) is 14.8. The van der Waals surface area contributed by atoms with E-state index in [4.69, 9.17) is 16.3 Å². The number of rotatable bonds is 7. The van der Waals surface area contributed by atoms with Crippen molar-refractivity contribution in [2.75, 3.05) is 33.3 Å². The number of carbonyl (C=O) groups is 1. The lowest BCUT2D eigenvalue weighted by atomic mass is 10.2. The molecule has 3 rings (SSSR count). The molecule has 0 aromatic heterocycles. The highest BCUT2D eigenvalue weighted by atomic mass is 35.5. The summed E-state index contributed by atoms with van der Waals surface area (Å²) in [5.41, 5.74) is 0.982. The van der Waals surface area contributed by atoms with Gasteiger partial charge >= 0.3 is 0 Å². The molecule has 1 fully saturated rings. The van der Waals surface area contributed by atoms with E-state index in [-0.39, 0.29) is 16.8 Å². The maximum absolute atomic E-state index is 12.8. The van der Waals surface area contributed by atoms with Crippen LogP contribution in [-0.2, 0) is 21.4 Å². The maximum Gasteiger partial charge on any atom is 0.243 e. The first-order valence-electron chi connectivity index (χ1n) is 9.71. The Morgan fingerprint density at radius 3 is 2.23 bits per heavy atom. The molecule has 1 heterocycles. The van der Waals surface area contributed by atoms with Gasteiger partial charge in [0, 0.05) is 37.7 Å². The molecular formula is C21H26ClN3O4S. The molecule has 2 aromatic carbocycles. The second kappa shape index (κ2) is 9.78. The molecule has 1 unspecified atom stereocenters. The summed E-state index contributed by atoms with van der Waals surface area (Å²) in [6, 6.07) is 13.3. The summed E-state index contributed by atoms with van der Waals surface area (Å²) in [7, 11) is -1.95. The van der Waals surface area contributed by atoms with Gasteiger partial charge in [-0.3, -0.25) is 9.69 Å². The van der Waals surface area contributed by atoms with Crippen LogP contribution >= 0.6 is 11.6 Å². The third-order valence-corrected chi connectivity index (χ3v) is 7.44. The fraction of sp³-hybridized carbons (Fsp3) is 0.381. The summed E-state index contributed by atoms with van der Waals surface area (Å²) in [6.45, 7) is 3.92. The second-order valence-corrected chi connectivity index (χ2v) is 9.51. The lowest BCUT2D eigenvalue weighted by molar-refractivity contribution is -0.126. The second-order valence-electron chi connectivity index (χ2n) is 7.14. The van der Waals surface area contributed by atoms with E-state index in [1.807, 2.05) is 36.1 Å². The van der Waals surface area contributed by atoms with Crippen LogP contribution in [0.1, 0.15) is 12.5 Å². The van der Waals surface area contributed by atoms with Crippen LogP contribution in [0.2, 0.25) is 5.02 Å². The smallest absolute Gasteiger partial charge is 0.243 e. The largest absolute Gasteiger partial charge is 0.497 e. The van der Waals surface area contributed by atoms with Gasteiger partial charge in [0.1, 0.15) is 5.75 Å². The van der Waals surface area contributed by atoms with Crippen molar-refractivity contribution < 1.29 is 17.9 Å². The van der Waals surface area contributed by atoms with Crippen molar-refractivity contribution in [3.8, 4) is 5.75 Å². The zero-order valence-electron chi connectivity index (χ0n) is 17.0. The molecule has 1 atom stereocenters. The summed E-state index contributed by atoms with van der Waals surface area (Å²) in [5, 5.41) is 3.43. The van der Waals surface area contributed by atoms with Gasteiger partial charge in [-0.25, -0.2) is 8.42 Å². The molecule has 9 heteroatoms. The van der Waals surface area contributed by atoms with E-state index in [0.717, 1.165) is 11.3 Å². The van der Waals surface area contributed by atoms with E-state index in [1.54, 1.807) is 19.2 Å². The van der Waals surface area contributed by atoms with Crippen molar-refractivity contribution in [3.05, 3.63) is 59.1 Å². The molecule has 1 aliphatic rings. The maximum atomic E-state index is 12.8. The summed E-state index contributed by atoms with van der Waals surface area (Å²) < 4.78 is 32.2. The number of carbonyl (C=O) groups excluding carboxylic acids is 1. The first-order chi connectivity index (χ1) is 14.3. The number of nitrogens with one attached hydrogen (secondary N) is 1. The Morgan fingerprint density at radius 1 is 1.07 bits per heavy atom. The third kappa shape index (κ3) is 5.31. The van der Waals surface area contributed by atoms with E-state index in [2.05, 4.69) is 5.32 Å².